The molecule has 1 unspecified atom stereocenters. The van der Waals surface area contributed by atoms with Crippen LogP contribution in [0.25, 0.3) is 0 Å². The van der Waals surface area contributed by atoms with Crippen molar-refractivity contribution in [1.29, 1.82) is 0 Å². The summed E-state index contributed by atoms with van der Waals surface area (Å²) in [6.45, 7) is 16.5. The number of hydrogen-bond donors (Lipinski definition) is 1. The molecule has 1 aromatic rings. The monoisotopic (exact) mass is 310 g/mol. The van der Waals surface area contributed by atoms with Crippen LogP contribution in [-0.2, 0) is 6.54 Å². The second-order valence-corrected chi connectivity index (χ2v) is 7.21. The van der Waals surface area contributed by atoms with Crippen molar-refractivity contribution in [3.8, 4) is 0 Å². The number of thiazole rings is 1. The predicted octanol–water partition coefficient (Wildman–Crippen LogP) is 2.87. The SMILES string of the molecule is CCN(CC)C1CCN(c2nc(C)c(CNC(C)C)s2)C1. The lowest BCUT2D eigenvalue weighted by Gasteiger charge is -2.25. The van der Waals surface area contributed by atoms with Crippen LogP contribution in [0.3, 0.4) is 0 Å². The Balaban J connectivity index is 1.98. The summed E-state index contributed by atoms with van der Waals surface area (Å²) in [6.07, 6.45) is 1.26. The lowest BCUT2D eigenvalue weighted by molar-refractivity contribution is 0.232. The molecule has 21 heavy (non-hydrogen) atoms. The van der Waals surface area contributed by atoms with Crippen molar-refractivity contribution in [2.24, 2.45) is 0 Å². The van der Waals surface area contributed by atoms with Gasteiger partial charge in [0.15, 0.2) is 5.13 Å². The molecule has 0 radical (unpaired) electrons. The summed E-state index contributed by atoms with van der Waals surface area (Å²) in [5.41, 5.74) is 1.19. The standard InChI is InChI=1S/C16H30N4S/c1-6-19(7-2)14-8-9-20(11-14)16-18-13(5)15(21-16)10-17-12(3)4/h12,14,17H,6-11H2,1-5H3. The van der Waals surface area contributed by atoms with E-state index in [1.807, 2.05) is 11.3 Å². The molecule has 5 heteroatoms. The maximum atomic E-state index is 4.80. The first-order valence-corrected chi connectivity index (χ1v) is 9.05. The molecule has 1 aromatic heterocycles. The van der Waals surface area contributed by atoms with Crippen LogP contribution in [0.2, 0.25) is 0 Å². The summed E-state index contributed by atoms with van der Waals surface area (Å²) in [4.78, 5) is 11.2. The molecule has 1 aliphatic rings. The maximum Gasteiger partial charge on any atom is 0.185 e. The van der Waals surface area contributed by atoms with Gasteiger partial charge in [-0.25, -0.2) is 4.98 Å². The van der Waals surface area contributed by atoms with Gasteiger partial charge in [-0.15, -0.1) is 11.3 Å². The summed E-state index contributed by atoms with van der Waals surface area (Å²) in [6, 6.07) is 1.22. The molecular weight excluding hydrogens is 280 g/mol. The van der Waals surface area contributed by atoms with Gasteiger partial charge in [-0.1, -0.05) is 27.7 Å². The van der Waals surface area contributed by atoms with Crippen LogP contribution < -0.4 is 10.2 Å². The quantitative estimate of drug-likeness (QED) is 0.839. The Kier molecular flexibility index (Phi) is 6.02. The molecule has 0 spiro atoms. The van der Waals surface area contributed by atoms with Gasteiger partial charge in [0.25, 0.3) is 0 Å². The fourth-order valence-electron chi connectivity index (χ4n) is 2.96. The summed E-state index contributed by atoms with van der Waals surface area (Å²) < 4.78 is 0. The van der Waals surface area contributed by atoms with E-state index in [2.05, 4.69) is 49.7 Å². The van der Waals surface area contributed by atoms with Gasteiger partial charge in [0.1, 0.15) is 0 Å². The number of rotatable bonds is 7. The number of aryl methyl sites for hydroxylation is 1. The fourth-order valence-corrected chi connectivity index (χ4v) is 4.01. The third-order valence-corrected chi connectivity index (χ3v) is 5.53. The van der Waals surface area contributed by atoms with Crippen LogP contribution in [0.1, 0.15) is 44.7 Å². The Hall–Kier alpha value is -0.650. The van der Waals surface area contributed by atoms with Gasteiger partial charge in [0.05, 0.1) is 5.69 Å². The molecule has 0 saturated carbocycles. The first-order valence-electron chi connectivity index (χ1n) is 8.23. The summed E-state index contributed by atoms with van der Waals surface area (Å²) in [5, 5.41) is 4.71. The zero-order valence-corrected chi connectivity index (χ0v) is 15.0. The minimum atomic E-state index is 0.522. The van der Waals surface area contributed by atoms with Crippen LogP contribution in [0.15, 0.2) is 0 Å². The minimum absolute atomic E-state index is 0.522. The van der Waals surface area contributed by atoms with Crippen molar-refractivity contribution in [2.45, 2.75) is 59.7 Å². The summed E-state index contributed by atoms with van der Waals surface area (Å²) in [7, 11) is 0. The lowest BCUT2D eigenvalue weighted by atomic mass is 10.2. The molecule has 120 valence electrons. The van der Waals surface area contributed by atoms with E-state index in [4.69, 9.17) is 4.98 Å². The van der Waals surface area contributed by atoms with Crippen molar-refractivity contribution in [3.05, 3.63) is 10.6 Å². The highest BCUT2D eigenvalue weighted by molar-refractivity contribution is 7.15. The molecule has 2 rings (SSSR count). The molecule has 4 nitrogen and oxygen atoms in total. The van der Waals surface area contributed by atoms with Gasteiger partial charge in [0, 0.05) is 36.6 Å². The second-order valence-electron chi connectivity index (χ2n) is 6.15. The molecule has 1 atom stereocenters. The Morgan fingerprint density at radius 1 is 1.38 bits per heavy atom. The van der Waals surface area contributed by atoms with Crippen molar-refractivity contribution in [3.63, 3.8) is 0 Å². The van der Waals surface area contributed by atoms with E-state index in [-0.39, 0.29) is 0 Å². The van der Waals surface area contributed by atoms with Gasteiger partial charge in [-0.05, 0) is 26.4 Å². The third kappa shape index (κ3) is 4.18. The average Bonchev–Trinajstić information content (AvgIpc) is 3.05. The van der Waals surface area contributed by atoms with Crippen LogP contribution >= 0.6 is 11.3 Å². The summed E-state index contributed by atoms with van der Waals surface area (Å²) in [5.74, 6) is 0. The van der Waals surface area contributed by atoms with Crippen molar-refractivity contribution >= 4 is 16.5 Å². The normalized spacial score (nSPS) is 19.2. The van der Waals surface area contributed by atoms with Gasteiger partial charge in [-0.3, -0.25) is 4.90 Å². The van der Waals surface area contributed by atoms with Crippen LogP contribution in [0.4, 0.5) is 5.13 Å². The average molecular weight is 311 g/mol. The molecule has 1 saturated heterocycles. The minimum Gasteiger partial charge on any atom is -0.346 e. The Labute approximate surface area is 133 Å². The van der Waals surface area contributed by atoms with Gasteiger partial charge < -0.3 is 10.2 Å². The lowest BCUT2D eigenvalue weighted by Crippen LogP contribution is -2.37. The van der Waals surface area contributed by atoms with E-state index in [0.717, 1.165) is 32.7 Å². The maximum absolute atomic E-state index is 4.80. The first kappa shape index (κ1) is 16.7. The highest BCUT2D eigenvalue weighted by Crippen LogP contribution is 2.29. The van der Waals surface area contributed by atoms with Crippen molar-refractivity contribution in [1.82, 2.24) is 15.2 Å². The number of likely N-dealkylation sites (N-methyl/N-ethyl adjacent to an activating group) is 1. The van der Waals surface area contributed by atoms with Crippen molar-refractivity contribution < 1.29 is 0 Å². The first-order chi connectivity index (χ1) is 10.0. The predicted molar refractivity (Wildman–Crippen MR) is 92.4 cm³/mol. The molecular formula is C16H30N4S. The molecule has 2 heterocycles. The molecule has 0 aromatic carbocycles. The largest absolute Gasteiger partial charge is 0.346 e. The van der Waals surface area contributed by atoms with Gasteiger partial charge in [0.2, 0.25) is 0 Å². The van der Waals surface area contributed by atoms with Gasteiger partial charge >= 0.3 is 0 Å². The number of aromatic nitrogens is 1. The Bertz CT molecular complexity index is 439. The number of nitrogens with one attached hydrogen (secondary N) is 1. The van der Waals surface area contributed by atoms with Crippen LogP contribution in [0.5, 0.6) is 0 Å². The number of hydrogen-bond acceptors (Lipinski definition) is 5. The van der Waals surface area contributed by atoms with E-state index >= 15 is 0 Å². The van der Waals surface area contributed by atoms with E-state index < -0.39 is 0 Å². The topological polar surface area (TPSA) is 31.4 Å². The Morgan fingerprint density at radius 2 is 2.10 bits per heavy atom. The molecule has 0 bridgehead atoms. The van der Waals surface area contributed by atoms with E-state index in [9.17, 15) is 0 Å². The van der Waals surface area contributed by atoms with Crippen molar-refractivity contribution in [2.75, 3.05) is 31.1 Å². The van der Waals surface area contributed by atoms with E-state index in [1.165, 1.54) is 22.1 Å². The number of nitrogens with zero attached hydrogens (tertiary/aromatic N) is 3. The van der Waals surface area contributed by atoms with Crippen LogP contribution in [-0.4, -0.2) is 48.1 Å². The number of anilines is 1. The van der Waals surface area contributed by atoms with E-state index in [1.54, 1.807) is 0 Å². The second kappa shape index (κ2) is 7.56. The zero-order valence-electron chi connectivity index (χ0n) is 14.1. The van der Waals surface area contributed by atoms with E-state index in [0.29, 0.717) is 12.1 Å². The van der Waals surface area contributed by atoms with Gasteiger partial charge in [-0.2, -0.15) is 0 Å². The van der Waals surface area contributed by atoms with Crippen LogP contribution in [0, 0.1) is 6.92 Å². The highest BCUT2D eigenvalue weighted by atomic mass is 32.1. The molecule has 1 N–H and O–H groups in total. The molecule has 0 amide bonds. The fraction of sp³-hybridized carbons (Fsp3) is 0.812. The summed E-state index contributed by atoms with van der Waals surface area (Å²) >= 11 is 1.86. The third-order valence-electron chi connectivity index (χ3n) is 4.31. The molecule has 1 aliphatic heterocycles. The highest BCUT2D eigenvalue weighted by Gasteiger charge is 2.28. The Morgan fingerprint density at radius 3 is 2.71 bits per heavy atom. The smallest absolute Gasteiger partial charge is 0.185 e. The zero-order chi connectivity index (χ0) is 15.4. The molecule has 1 fully saturated rings. The molecule has 0 aliphatic carbocycles.